The molecule has 0 unspecified atom stereocenters. The summed E-state index contributed by atoms with van der Waals surface area (Å²) in [6, 6.07) is 10.1. The molecule has 1 aromatic carbocycles. The molecular weight excluding hydrogens is 322 g/mol. The Bertz CT molecular complexity index is 674. The number of nitrogens with one attached hydrogen (secondary N) is 1. The largest absolute Gasteiger partial charge is 0.439 e. The first kappa shape index (κ1) is 16.9. The third-order valence-corrected chi connectivity index (χ3v) is 5.66. The van der Waals surface area contributed by atoms with E-state index in [1.165, 1.54) is 6.42 Å². The molecule has 0 bridgehead atoms. The topological polar surface area (TPSA) is 58.4 Å². The Labute approximate surface area is 146 Å². The lowest BCUT2D eigenvalue weighted by Crippen LogP contribution is -2.42. The van der Waals surface area contributed by atoms with Gasteiger partial charge in [-0.25, -0.2) is 9.78 Å². The highest BCUT2D eigenvalue weighted by molar-refractivity contribution is 7.99. The monoisotopic (exact) mass is 345 g/mol. The molecule has 1 aliphatic carbocycles. The number of carbonyl (C=O) groups is 1. The van der Waals surface area contributed by atoms with Gasteiger partial charge in [-0.05, 0) is 25.5 Å². The number of rotatable bonds is 5. The minimum atomic E-state index is -0.0683. The van der Waals surface area contributed by atoms with Crippen LogP contribution in [0.4, 0.5) is 4.79 Å². The van der Waals surface area contributed by atoms with Gasteiger partial charge in [-0.1, -0.05) is 30.3 Å². The van der Waals surface area contributed by atoms with Crippen molar-refractivity contribution in [3.63, 3.8) is 0 Å². The zero-order valence-corrected chi connectivity index (χ0v) is 14.9. The Morgan fingerprint density at radius 3 is 2.88 bits per heavy atom. The van der Waals surface area contributed by atoms with E-state index in [4.69, 9.17) is 4.42 Å². The second kappa shape index (κ2) is 7.75. The molecule has 3 rings (SSSR count). The Kier molecular flexibility index (Phi) is 5.45. The van der Waals surface area contributed by atoms with Crippen LogP contribution < -0.4 is 5.32 Å². The van der Waals surface area contributed by atoms with Crippen LogP contribution in [-0.4, -0.2) is 40.5 Å². The number of carbonyl (C=O) groups excluding carboxylic acids is 1. The van der Waals surface area contributed by atoms with E-state index in [1.54, 1.807) is 6.20 Å². The van der Waals surface area contributed by atoms with Crippen molar-refractivity contribution in [2.75, 3.05) is 13.3 Å². The van der Waals surface area contributed by atoms with Crippen molar-refractivity contribution in [1.82, 2.24) is 15.2 Å². The second-order valence-corrected chi connectivity index (χ2v) is 7.22. The molecule has 1 aromatic heterocycles. The highest BCUT2D eigenvalue weighted by atomic mass is 32.2. The van der Waals surface area contributed by atoms with E-state index in [0.717, 1.165) is 18.4 Å². The van der Waals surface area contributed by atoms with Gasteiger partial charge in [-0.2, -0.15) is 11.8 Å². The highest BCUT2D eigenvalue weighted by Gasteiger charge is 2.29. The predicted octanol–water partition coefficient (Wildman–Crippen LogP) is 3.77. The molecule has 0 spiro atoms. The van der Waals surface area contributed by atoms with Crippen LogP contribution in [0.3, 0.4) is 0 Å². The van der Waals surface area contributed by atoms with Crippen LogP contribution in [0.5, 0.6) is 0 Å². The van der Waals surface area contributed by atoms with Crippen LogP contribution >= 0.6 is 11.8 Å². The minimum Gasteiger partial charge on any atom is -0.439 e. The van der Waals surface area contributed by atoms with Gasteiger partial charge in [0.1, 0.15) is 0 Å². The van der Waals surface area contributed by atoms with Crippen molar-refractivity contribution >= 4 is 17.8 Å². The summed E-state index contributed by atoms with van der Waals surface area (Å²) in [7, 11) is 1.87. The van der Waals surface area contributed by atoms with Crippen LogP contribution in [0.2, 0.25) is 0 Å². The Morgan fingerprint density at radius 2 is 2.17 bits per heavy atom. The molecule has 0 saturated heterocycles. The van der Waals surface area contributed by atoms with Crippen molar-refractivity contribution in [2.24, 2.45) is 0 Å². The van der Waals surface area contributed by atoms with Crippen LogP contribution in [0.25, 0.3) is 11.3 Å². The molecular formula is C18H23N3O2S. The minimum absolute atomic E-state index is 0.0683. The third kappa shape index (κ3) is 3.93. The molecule has 0 aliphatic heterocycles. The second-order valence-electron chi connectivity index (χ2n) is 6.08. The summed E-state index contributed by atoms with van der Waals surface area (Å²) in [5.74, 6) is 1.23. The first-order valence-corrected chi connectivity index (χ1v) is 9.49. The Balaban J connectivity index is 1.52. The van der Waals surface area contributed by atoms with Gasteiger partial charge >= 0.3 is 6.03 Å². The van der Waals surface area contributed by atoms with Gasteiger partial charge < -0.3 is 14.6 Å². The predicted molar refractivity (Wildman–Crippen MR) is 96.9 cm³/mol. The van der Waals surface area contributed by atoms with Gasteiger partial charge in [0.15, 0.2) is 5.76 Å². The average molecular weight is 345 g/mol. The van der Waals surface area contributed by atoms with Crippen LogP contribution in [0, 0.1) is 0 Å². The average Bonchev–Trinajstić information content (AvgIpc) is 3.29. The fraction of sp³-hybridized carbons (Fsp3) is 0.444. The molecule has 6 heteroatoms. The maximum Gasteiger partial charge on any atom is 0.317 e. The molecule has 128 valence electrons. The van der Waals surface area contributed by atoms with Crippen molar-refractivity contribution in [1.29, 1.82) is 0 Å². The van der Waals surface area contributed by atoms with Gasteiger partial charge in [0.2, 0.25) is 5.89 Å². The number of oxazole rings is 1. The fourth-order valence-corrected chi connectivity index (χ4v) is 3.84. The molecule has 1 heterocycles. The fourth-order valence-electron chi connectivity index (χ4n) is 3.05. The van der Waals surface area contributed by atoms with Crippen LogP contribution in [0.15, 0.2) is 40.9 Å². The van der Waals surface area contributed by atoms with Crippen LogP contribution in [0.1, 0.15) is 25.2 Å². The summed E-state index contributed by atoms with van der Waals surface area (Å²) < 4.78 is 5.71. The van der Waals surface area contributed by atoms with Crippen molar-refractivity contribution in [3.05, 3.63) is 42.4 Å². The molecule has 2 amide bonds. The van der Waals surface area contributed by atoms with E-state index < -0.39 is 0 Å². The number of hydrogen-bond donors (Lipinski definition) is 1. The van der Waals surface area contributed by atoms with Gasteiger partial charge in [-0.15, -0.1) is 0 Å². The lowest BCUT2D eigenvalue weighted by atomic mass is 10.2. The quantitative estimate of drug-likeness (QED) is 0.896. The van der Waals surface area contributed by atoms with E-state index >= 15 is 0 Å². The standard InChI is InChI=1S/C18H23N3O2S/c1-21(14-8-9-15(10-14)24-2)18(22)20-12-17-19-11-16(23-17)13-6-4-3-5-7-13/h3-7,11,14-15H,8-10,12H2,1-2H3,(H,20,22)/t14-,15+/m1/s1. The van der Waals surface area contributed by atoms with Crippen molar-refractivity contribution in [3.8, 4) is 11.3 Å². The summed E-state index contributed by atoms with van der Waals surface area (Å²) in [5, 5.41) is 3.57. The summed E-state index contributed by atoms with van der Waals surface area (Å²) in [5.41, 5.74) is 0.980. The maximum atomic E-state index is 12.3. The van der Waals surface area contributed by atoms with E-state index in [-0.39, 0.29) is 6.03 Å². The number of amides is 2. The number of benzene rings is 1. The molecule has 5 nitrogen and oxygen atoms in total. The highest BCUT2D eigenvalue weighted by Crippen LogP contribution is 2.30. The number of hydrogen-bond acceptors (Lipinski definition) is 4. The van der Waals surface area contributed by atoms with Gasteiger partial charge in [0, 0.05) is 23.9 Å². The molecule has 1 fully saturated rings. The number of aromatic nitrogens is 1. The molecule has 1 aliphatic rings. The summed E-state index contributed by atoms with van der Waals surface area (Å²) >= 11 is 1.89. The summed E-state index contributed by atoms with van der Waals surface area (Å²) in [6.07, 6.45) is 7.17. The molecule has 0 radical (unpaired) electrons. The van der Waals surface area contributed by atoms with E-state index in [1.807, 2.05) is 54.0 Å². The smallest absolute Gasteiger partial charge is 0.317 e. The maximum absolute atomic E-state index is 12.3. The lowest BCUT2D eigenvalue weighted by molar-refractivity contribution is 0.189. The van der Waals surface area contributed by atoms with Gasteiger partial charge in [0.25, 0.3) is 0 Å². The summed E-state index contributed by atoms with van der Waals surface area (Å²) in [4.78, 5) is 18.4. The van der Waals surface area contributed by atoms with Crippen LogP contribution in [-0.2, 0) is 6.54 Å². The van der Waals surface area contributed by atoms with E-state index in [9.17, 15) is 4.79 Å². The molecule has 24 heavy (non-hydrogen) atoms. The first-order valence-electron chi connectivity index (χ1n) is 8.21. The van der Waals surface area contributed by atoms with Crippen molar-refractivity contribution < 1.29 is 9.21 Å². The van der Waals surface area contributed by atoms with E-state index in [0.29, 0.717) is 29.5 Å². The Hall–Kier alpha value is -1.95. The zero-order chi connectivity index (χ0) is 16.9. The van der Waals surface area contributed by atoms with E-state index in [2.05, 4.69) is 16.6 Å². The number of nitrogens with zero attached hydrogens (tertiary/aromatic N) is 2. The third-order valence-electron chi connectivity index (χ3n) is 4.56. The number of thioether (sulfide) groups is 1. The SMILES string of the molecule is CS[C@H]1CC[C@@H](N(C)C(=O)NCc2ncc(-c3ccccc3)o2)C1. The normalized spacial score (nSPS) is 20.1. The molecule has 2 aromatic rings. The zero-order valence-electron chi connectivity index (χ0n) is 14.1. The first-order chi connectivity index (χ1) is 11.7. The molecule has 1 N–H and O–H groups in total. The Morgan fingerprint density at radius 1 is 1.38 bits per heavy atom. The number of urea groups is 1. The molecule has 1 saturated carbocycles. The van der Waals surface area contributed by atoms with Gasteiger partial charge in [0.05, 0.1) is 12.7 Å². The molecule has 2 atom stereocenters. The summed E-state index contributed by atoms with van der Waals surface area (Å²) in [6.45, 7) is 0.300. The van der Waals surface area contributed by atoms with Crippen molar-refractivity contribution in [2.45, 2.75) is 37.1 Å². The lowest BCUT2D eigenvalue weighted by Gasteiger charge is -2.24. The van der Waals surface area contributed by atoms with Gasteiger partial charge in [-0.3, -0.25) is 0 Å².